The van der Waals surface area contributed by atoms with Gasteiger partial charge in [-0.3, -0.25) is 0 Å². The maximum absolute atomic E-state index is 2.62. The molecule has 2 unspecified atom stereocenters. The average Bonchev–Trinajstić information content (AvgIpc) is 2.70. The molecule has 0 nitrogen and oxygen atoms in total. The van der Waals surface area contributed by atoms with Gasteiger partial charge in [-0.1, -0.05) is 126 Å². The van der Waals surface area contributed by atoms with Crippen molar-refractivity contribution >= 4 is 28.3 Å². The quantitative estimate of drug-likeness (QED) is 0.253. The van der Waals surface area contributed by atoms with Gasteiger partial charge < -0.3 is 0 Å². The van der Waals surface area contributed by atoms with Gasteiger partial charge in [0.05, 0.1) is 5.16 Å². The molecule has 2 atom stereocenters. The molecule has 3 aromatic rings. The van der Waals surface area contributed by atoms with Gasteiger partial charge in [-0.2, -0.15) is 0 Å². The average molecular weight is 458 g/mol. The summed E-state index contributed by atoms with van der Waals surface area (Å²) in [6.45, 7) is 2.30. The predicted molar refractivity (Wildman–Crippen MR) is 120 cm³/mol. The lowest BCUT2D eigenvalue weighted by molar-refractivity contribution is 0.512. The second-order valence-electron chi connectivity index (χ2n) is 6.39. The second-order valence-corrected chi connectivity index (χ2v) is 8.98. The molecule has 3 rings (SSSR count). The molecule has 0 aliphatic heterocycles. The summed E-state index contributed by atoms with van der Waals surface area (Å²) in [5.41, 5.74) is 4.30. The summed E-state index contributed by atoms with van der Waals surface area (Å²) in [4.78, 5) is 0. The Morgan fingerprint density at radius 2 is 1.20 bits per heavy atom. The van der Waals surface area contributed by atoms with Crippen LogP contribution in [0.15, 0.2) is 91.0 Å². The Bertz CT molecular complexity index is 716. The van der Waals surface area contributed by atoms with E-state index in [1.807, 2.05) is 0 Å². The predicted octanol–water partition coefficient (Wildman–Crippen LogP) is 7.54. The highest BCUT2D eigenvalue weighted by Crippen LogP contribution is 2.60. The zero-order chi connectivity index (χ0) is 17.5. The molecular formula is C23H24IP. The van der Waals surface area contributed by atoms with Crippen molar-refractivity contribution in [3.05, 3.63) is 108 Å². The number of benzene rings is 3. The minimum atomic E-state index is 0.0143. The first-order chi connectivity index (χ1) is 12.3. The van der Waals surface area contributed by atoms with Crippen LogP contribution in [0.25, 0.3) is 0 Å². The highest BCUT2D eigenvalue weighted by molar-refractivity contribution is 14.2. The highest BCUT2D eigenvalue weighted by Gasteiger charge is 2.41. The molecule has 128 valence electrons. The molecule has 0 bridgehead atoms. The fraction of sp³-hybridized carbons (Fsp3) is 0.217. The summed E-state index contributed by atoms with van der Waals surface area (Å²) < 4.78 is 0. The van der Waals surface area contributed by atoms with E-state index in [1.54, 1.807) is 0 Å². The van der Waals surface area contributed by atoms with Crippen molar-refractivity contribution in [2.75, 3.05) is 0 Å². The molecule has 0 saturated carbocycles. The van der Waals surface area contributed by atoms with E-state index in [1.165, 1.54) is 29.5 Å². The van der Waals surface area contributed by atoms with Crippen LogP contribution in [-0.2, 0) is 5.16 Å². The summed E-state index contributed by atoms with van der Waals surface area (Å²) >= 11 is 2.62. The van der Waals surface area contributed by atoms with Crippen molar-refractivity contribution in [2.45, 2.75) is 30.8 Å². The molecule has 0 saturated heterocycles. The summed E-state index contributed by atoms with van der Waals surface area (Å²) in [5, 5.41) is 0.0143. The summed E-state index contributed by atoms with van der Waals surface area (Å²) in [6.07, 6.45) is 3.13. The van der Waals surface area contributed by atoms with Gasteiger partial charge in [-0.15, -0.1) is 0 Å². The topological polar surface area (TPSA) is 0 Å². The van der Waals surface area contributed by atoms with Crippen molar-refractivity contribution in [1.82, 2.24) is 0 Å². The number of hydrogen-bond acceptors (Lipinski definition) is 0. The molecule has 0 amide bonds. The maximum Gasteiger partial charge on any atom is 0.0534 e. The Balaban J connectivity index is 2.25. The highest BCUT2D eigenvalue weighted by atomic mass is 127. The number of rotatable bonds is 7. The van der Waals surface area contributed by atoms with Crippen LogP contribution >= 0.6 is 28.3 Å². The molecule has 0 aliphatic rings. The summed E-state index contributed by atoms with van der Waals surface area (Å²) in [7, 11) is 0. The van der Waals surface area contributed by atoms with Gasteiger partial charge in [-0.05, 0) is 29.3 Å². The van der Waals surface area contributed by atoms with Crippen LogP contribution in [0, 0.1) is 0 Å². The van der Waals surface area contributed by atoms with E-state index >= 15 is 0 Å². The van der Waals surface area contributed by atoms with Gasteiger partial charge in [0.25, 0.3) is 0 Å². The first-order valence-electron chi connectivity index (χ1n) is 8.86. The Morgan fingerprint density at radius 1 is 0.760 bits per heavy atom. The minimum absolute atomic E-state index is 0.0143. The molecule has 0 aromatic heterocycles. The largest absolute Gasteiger partial charge is 0.0654 e. The van der Waals surface area contributed by atoms with Gasteiger partial charge in [0.15, 0.2) is 0 Å². The molecule has 0 fully saturated rings. The van der Waals surface area contributed by atoms with Crippen LogP contribution in [0.1, 0.15) is 42.4 Å². The first kappa shape index (κ1) is 18.6. The lowest BCUT2D eigenvalue weighted by atomic mass is 9.74. The van der Waals surface area contributed by atoms with Gasteiger partial charge in [0.1, 0.15) is 0 Å². The minimum Gasteiger partial charge on any atom is -0.0654 e. The molecule has 0 spiro atoms. The molecule has 2 heteroatoms. The zero-order valence-corrected chi connectivity index (χ0v) is 17.7. The molecule has 0 radical (unpaired) electrons. The zero-order valence-electron chi connectivity index (χ0n) is 14.5. The van der Waals surface area contributed by atoms with Crippen LogP contribution in [0.2, 0.25) is 0 Å². The van der Waals surface area contributed by atoms with Crippen LogP contribution in [0.5, 0.6) is 0 Å². The fourth-order valence-corrected chi connectivity index (χ4v) is 7.74. The van der Waals surface area contributed by atoms with Crippen LogP contribution in [0.4, 0.5) is 0 Å². The third-order valence-corrected chi connectivity index (χ3v) is 8.69. The van der Waals surface area contributed by atoms with E-state index < -0.39 is 0 Å². The SMILES string of the molecule is CCCC(c1ccccc1)C(PI)(c1ccccc1)c1ccccc1. The summed E-state index contributed by atoms with van der Waals surface area (Å²) in [5.74, 6) is 0.471. The third kappa shape index (κ3) is 3.83. The van der Waals surface area contributed by atoms with Gasteiger partial charge in [0, 0.05) is 5.92 Å². The Kier molecular flexibility index (Phi) is 6.67. The molecule has 3 aromatic carbocycles. The van der Waals surface area contributed by atoms with Crippen LogP contribution in [0.3, 0.4) is 0 Å². The number of hydrogen-bond donors (Lipinski definition) is 0. The van der Waals surface area contributed by atoms with Crippen molar-refractivity contribution in [2.24, 2.45) is 0 Å². The van der Waals surface area contributed by atoms with Crippen molar-refractivity contribution in [3.8, 4) is 0 Å². The van der Waals surface area contributed by atoms with E-state index in [2.05, 4.69) is 120 Å². The van der Waals surface area contributed by atoms with Gasteiger partial charge in [0.2, 0.25) is 0 Å². The smallest absolute Gasteiger partial charge is 0.0534 e. The normalized spacial score (nSPS) is 13.2. The maximum atomic E-state index is 2.62. The van der Waals surface area contributed by atoms with Crippen molar-refractivity contribution in [3.63, 3.8) is 0 Å². The third-order valence-electron chi connectivity index (χ3n) is 4.91. The summed E-state index contributed by atoms with van der Waals surface area (Å²) in [6, 6.07) is 33.3. The fourth-order valence-electron chi connectivity index (χ4n) is 3.75. The van der Waals surface area contributed by atoms with Gasteiger partial charge in [-0.25, -0.2) is 0 Å². The molecule has 0 aliphatic carbocycles. The second kappa shape index (κ2) is 8.96. The Labute approximate surface area is 166 Å². The first-order valence-corrected chi connectivity index (χ1v) is 13.0. The van der Waals surface area contributed by atoms with Crippen LogP contribution < -0.4 is 0 Å². The van der Waals surface area contributed by atoms with E-state index in [-0.39, 0.29) is 5.16 Å². The van der Waals surface area contributed by atoms with Gasteiger partial charge >= 0.3 is 0 Å². The monoisotopic (exact) mass is 458 g/mol. The lowest BCUT2D eigenvalue weighted by Gasteiger charge is -2.41. The van der Waals surface area contributed by atoms with Crippen molar-refractivity contribution in [1.29, 1.82) is 0 Å². The van der Waals surface area contributed by atoms with E-state index in [0.717, 1.165) is 6.22 Å². The Morgan fingerprint density at radius 3 is 1.60 bits per heavy atom. The van der Waals surface area contributed by atoms with E-state index in [4.69, 9.17) is 0 Å². The molecule has 0 N–H and O–H groups in total. The Hall–Kier alpha value is -1.18. The van der Waals surface area contributed by atoms with E-state index in [0.29, 0.717) is 5.92 Å². The molecule has 25 heavy (non-hydrogen) atoms. The number of halogens is 1. The molecular weight excluding hydrogens is 434 g/mol. The van der Waals surface area contributed by atoms with E-state index in [9.17, 15) is 0 Å². The van der Waals surface area contributed by atoms with Crippen molar-refractivity contribution < 1.29 is 0 Å². The van der Waals surface area contributed by atoms with Crippen LogP contribution in [-0.4, -0.2) is 0 Å². The lowest BCUT2D eigenvalue weighted by Crippen LogP contribution is -2.30. The standard InChI is InChI=1S/C23H24IP/c1-2-12-22(19-13-6-3-7-14-19)23(25-24,20-15-8-4-9-16-20)21-17-10-5-11-18-21/h3-11,13-18,22,25H,2,12H2,1H3. The molecule has 0 heterocycles.